The molecule has 1 N–H and O–H groups in total. The van der Waals surface area contributed by atoms with E-state index in [0.717, 1.165) is 12.3 Å². The van der Waals surface area contributed by atoms with Crippen LogP contribution >= 0.6 is 0 Å². The SMILES string of the molecule is CC1(C)[C@H]2CC=C(/C=N\NC(=O)[C@@H]3COc4ccccc4O3)[C@@H]1C2. The largest absolute Gasteiger partial charge is 0.485 e. The topological polar surface area (TPSA) is 59.9 Å². The van der Waals surface area contributed by atoms with E-state index < -0.39 is 6.10 Å². The zero-order valence-corrected chi connectivity index (χ0v) is 14.0. The lowest BCUT2D eigenvalue weighted by molar-refractivity contribution is -0.130. The molecular weight excluding hydrogens is 304 g/mol. The molecule has 1 fully saturated rings. The summed E-state index contributed by atoms with van der Waals surface area (Å²) in [7, 11) is 0. The summed E-state index contributed by atoms with van der Waals surface area (Å²) in [6.07, 6.45) is 5.69. The van der Waals surface area contributed by atoms with Crippen molar-refractivity contribution in [2.24, 2.45) is 22.4 Å². The van der Waals surface area contributed by atoms with E-state index >= 15 is 0 Å². The molecule has 4 aliphatic rings. The monoisotopic (exact) mass is 326 g/mol. The molecule has 5 rings (SSSR count). The maximum absolute atomic E-state index is 12.2. The van der Waals surface area contributed by atoms with Crippen LogP contribution in [0.3, 0.4) is 0 Å². The van der Waals surface area contributed by atoms with Crippen molar-refractivity contribution < 1.29 is 14.3 Å². The summed E-state index contributed by atoms with van der Waals surface area (Å²) in [5.74, 6) is 2.31. The number of carbonyl (C=O) groups is 1. The van der Waals surface area contributed by atoms with Gasteiger partial charge in [-0.15, -0.1) is 0 Å². The molecule has 3 atom stereocenters. The average molecular weight is 326 g/mol. The zero-order chi connectivity index (χ0) is 16.7. The third-order valence-electron chi connectivity index (χ3n) is 5.70. The number of hydrogen-bond acceptors (Lipinski definition) is 4. The van der Waals surface area contributed by atoms with Gasteiger partial charge in [-0.25, -0.2) is 5.43 Å². The van der Waals surface area contributed by atoms with E-state index in [0.29, 0.717) is 22.8 Å². The van der Waals surface area contributed by atoms with Crippen molar-refractivity contribution in [2.75, 3.05) is 6.61 Å². The van der Waals surface area contributed by atoms with Crippen LogP contribution in [0, 0.1) is 17.3 Å². The lowest BCUT2D eigenvalue weighted by Crippen LogP contribution is -2.48. The Morgan fingerprint density at radius 2 is 2.12 bits per heavy atom. The first-order valence-corrected chi connectivity index (χ1v) is 8.47. The molecule has 24 heavy (non-hydrogen) atoms. The quantitative estimate of drug-likeness (QED) is 0.686. The van der Waals surface area contributed by atoms with Crippen molar-refractivity contribution >= 4 is 12.1 Å². The maximum atomic E-state index is 12.2. The molecule has 0 spiro atoms. The Morgan fingerprint density at radius 3 is 2.88 bits per heavy atom. The van der Waals surface area contributed by atoms with Gasteiger partial charge in [-0.1, -0.05) is 32.1 Å². The number of allylic oxidation sites excluding steroid dienone is 2. The Labute approximate surface area is 141 Å². The van der Waals surface area contributed by atoms with Crippen LogP contribution in [0.1, 0.15) is 26.7 Å². The van der Waals surface area contributed by atoms with Crippen molar-refractivity contribution in [2.45, 2.75) is 32.8 Å². The van der Waals surface area contributed by atoms with Gasteiger partial charge < -0.3 is 9.47 Å². The first-order chi connectivity index (χ1) is 11.6. The first-order valence-electron chi connectivity index (χ1n) is 8.47. The number of para-hydroxylation sites is 2. The third kappa shape index (κ3) is 2.48. The Hall–Kier alpha value is -2.30. The Morgan fingerprint density at radius 1 is 1.33 bits per heavy atom. The molecule has 0 unspecified atom stereocenters. The van der Waals surface area contributed by atoms with Gasteiger partial charge in [-0.05, 0) is 47.8 Å². The molecule has 5 nitrogen and oxygen atoms in total. The van der Waals surface area contributed by atoms with Crippen LogP contribution in [-0.2, 0) is 4.79 Å². The van der Waals surface area contributed by atoms with E-state index in [1.807, 2.05) is 18.2 Å². The van der Waals surface area contributed by atoms with Gasteiger partial charge in [0.05, 0.1) is 6.21 Å². The first kappa shape index (κ1) is 15.2. The van der Waals surface area contributed by atoms with E-state index in [9.17, 15) is 4.79 Å². The molecule has 0 aromatic heterocycles. The highest BCUT2D eigenvalue weighted by atomic mass is 16.6. The summed E-state index contributed by atoms with van der Waals surface area (Å²) >= 11 is 0. The number of hydrogen-bond donors (Lipinski definition) is 1. The second-order valence-corrected chi connectivity index (χ2v) is 7.34. The standard InChI is InChI=1S/C19H22N2O3/c1-19(2)13-8-7-12(14(19)9-13)10-20-21-18(22)17-11-23-15-5-3-4-6-16(15)24-17/h3-7,10,13-14,17H,8-9,11H2,1-2H3,(H,21,22)/b20-10-/t13-,14-,17-/m0/s1. The van der Waals surface area contributed by atoms with Crippen molar-refractivity contribution in [1.82, 2.24) is 5.43 Å². The van der Waals surface area contributed by atoms with Gasteiger partial charge in [0.15, 0.2) is 11.5 Å². The molecule has 1 aliphatic heterocycles. The minimum Gasteiger partial charge on any atom is -0.485 e. The fourth-order valence-electron chi connectivity index (χ4n) is 3.94. The zero-order valence-electron chi connectivity index (χ0n) is 14.0. The molecular formula is C19H22N2O3. The minimum atomic E-state index is -0.679. The highest BCUT2D eigenvalue weighted by Crippen LogP contribution is 2.58. The smallest absolute Gasteiger partial charge is 0.284 e. The number of nitrogens with one attached hydrogen (secondary N) is 1. The lowest BCUT2D eigenvalue weighted by Gasteiger charge is -2.55. The number of hydrazone groups is 1. The molecule has 126 valence electrons. The Bertz CT molecular complexity index is 723. The van der Waals surface area contributed by atoms with Crippen LogP contribution in [0.2, 0.25) is 0 Å². The van der Waals surface area contributed by atoms with E-state index in [2.05, 4.69) is 30.5 Å². The number of ether oxygens (including phenoxy) is 2. The van der Waals surface area contributed by atoms with Crippen molar-refractivity contribution in [1.29, 1.82) is 0 Å². The molecule has 0 saturated heterocycles. The van der Waals surface area contributed by atoms with E-state index in [-0.39, 0.29) is 12.5 Å². The normalized spacial score (nSPS) is 29.6. The highest BCUT2D eigenvalue weighted by Gasteiger charge is 2.50. The summed E-state index contributed by atoms with van der Waals surface area (Å²) in [4.78, 5) is 12.2. The van der Waals surface area contributed by atoms with Gasteiger partial charge in [0.2, 0.25) is 6.10 Å². The fraction of sp³-hybridized carbons (Fsp3) is 0.474. The number of carbonyl (C=O) groups excluding carboxylic acids is 1. The number of fused-ring (bicyclic) bond motifs is 2. The minimum absolute atomic E-state index is 0.193. The van der Waals surface area contributed by atoms with E-state index in [1.165, 1.54) is 12.0 Å². The second-order valence-electron chi connectivity index (χ2n) is 7.34. The Balaban J connectivity index is 1.35. The van der Waals surface area contributed by atoms with Gasteiger partial charge in [0, 0.05) is 0 Å². The summed E-state index contributed by atoms with van der Waals surface area (Å²) < 4.78 is 11.2. The van der Waals surface area contributed by atoms with Crippen LogP contribution in [0.4, 0.5) is 0 Å². The third-order valence-corrected chi connectivity index (χ3v) is 5.70. The average Bonchev–Trinajstić information content (AvgIpc) is 2.61. The summed E-state index contributed by atoms with van der Waals surface area (Å²) in [6, 6.07) is 7.34. The van der Waals surface area contributed by atoms with Crippen molar-refractivity contribution in [3.8, 4) is 11.5 Å². The molecule has 2 bridgehead atoms. The molecule has 5 heteroatoms. The predicted octanol–water partition coefficient (Wildman–Crippen LogP) is 2.92. The van der Waals surface area contributed by atoms with Crippen LogP contribution in [0.15, 0.2) is 41.0 Å². The van der Waals surface area contributed by atoms with Gasteiger partial charge in [0.1, 0.15) is 6.61 Å². The predicted molar refractivity (Wildman–Crippen MR) is 91.1 cm³/mol. The van der Waals surface area contributed by atoms with E-state index in [1.54, 1.807) is 12.3 Å². The van der Waals surface area contributed by atoms with Crippen LogP contribution in [-0.4, -0.2) is 24.8 Å². The number of benzene rings is 1. The molecule has 1 aromatic carbocycles. The van der Waals surface area contributed by atoms with E-state index in [4.69, 9.17) is 9.47 Å². The highest BCUT2D eigenvalue weighted by molar-refractivity contribution is 5.85. The van der Waals surface area contributed by atoms with Crippen LogP contribution < -0.4 is 14.9 Å². The lowest BCUT2D eigenvalue weighted by atomic mass is 9.49. The van der Waals surface area contributed by atoms with Crippen LogP contribution in [0.25, 0.3) is 0 Å². The molecule has 1 heterocycles. The number of rotatable bonds is 3. The maximum Gasteiger partial charge on any atom is 0.284 e. The molecule has 1 saturated carbocycles. The van der Waals surface area contributed by atoms with Crippen molar-refractivity contribution in [3.05, 3.63) is 35.9 Å². The fourth-order valence-corrected chi connectivity index (χ4v) is 3.94. The number of amides is 1. The summed E-state index contributed by atoms with van der Waals surface area (Å²) in [6.45, 7) is 4.82. The van der Waals surface area contributed by atoms with Gasteiger partial charge >= 0.3 is 0 Å². The second kappa shape index (κ2) is 5.65. The molecule has 1 aromatic rings. The molecule has 0 radical (unpaired) electrons. The van der Waals surface area contributed by atoms with Gasteiger partial charge in [-0.2, -0.15) is 5.10 Å². The molecule has 3 aliphatic carbocycles. The van der Waals surface area contributed by atoms with Gasteiger partial charge in [0.25, 0.3) is 5.91 Å². The van der Waals surface area contributed by atoms with Crippen LogP contribution in [0.5, 0.6) is 11.5 Å². The molecule has 1 amide bonds. The van der Waals surface area contributed by atoms with Gasteiger partial charge in [-0.3, -0.25) is 4.79 Å². The Kier molecular flexibility index (Phi) is 3.59. The summed E-state index contributed by atoms with van der Waals surface area (Å²) in [5, 5.41) is 4.14. The number of nitrogens with zero attached hydrogens (tertiary/aromatic N) is 1. The summed E-state index contributed by atoms with van der Waals surface area (Å²) in [5.41, 5.74) is 4.16. The van der Waals surface area contributed by atoms with Crippen molar-refractivity contribution in [3.63, 3.8) is 0 Å².